The third kappa shape index (κ3) is 2.64. The third-order valence-electron chi connectivity index (χ3n) is 3.24. The van der Waals surface area contributed by atoms with Crippen LogP contribution < -0.4 is 4.72 Å². The first kappa shape index (κ1) is 14.0. The molecule has 0 aliphatic carbocycles. The third-order valence-corrected chi connectivity index (χ3v) is 4.81. The molecule has 0 aromatic carbocycles. The van der Waals surface area contributed by atoms with Gasteiger partial charge in [0, 0.05) is 26.3 Å². The predicted octanol–water partition coefficient (Wildman–Crippen LogP) is -0.280. The predicted molar refractivity (Wildman–Crippen MR) is 69.0 cm³/mol. The molecule has 1 aliphatic heterocycles. The van der Waals surface area contributed by atoms with Gasteiger partial charge in [-0.05, 0) is 20.3 Å². The Balaban J connectivity index is 2.23. The maximum Gasteiger partial charge on any atom is 0.244 e. The molecule has 0 radical (unpaired) electrons. The van der Waals surface area contributed by atoms with Crippen molar-refractivity contribution in [3.05, 3.63) is 11.9 Å². The number of amides is 1. The summed E-state index contributed by atoms with van der Waals surface area (Å²) in [4.78, 5) is 13.4. The van der Waals surface area contributed by atoms with Crippen molar-refractivity contribution in [2.24, 2.45) is 0 Å². The highest BCUT2D eigenvalue weighted by Gasteiger charge is 2.33. The summed E-state index contributed by atoms with van der Waals surface area (Å²) in [5.74, 6) is -0.191. The van der Waals surface area contributed by atoms with E-state index in [9.17, 15) is 13.2 Å². The second kappa shape index (κ2) is 4.93. The van der Waals surface area contributed by atoms with Gasteiger partial charge in [-0.25, -0.2) is 8.42 Å². The minimum Gasteiger partial charge on any atom is -0.344 e. The van der Waals surface area contributed by atoms with Crippen molar-refractivity contribution in [3.8, 4) is 0 Å². The van der Waals surface area contributed by atoms with Crippen LogP contribution in [0.2, 0.25) is 0 Å². The lowest BCUT2D eigenvalue weighted by Crippen LogP contribution is -2.40. The van der Waals surface area contributed by atoms with Crippen molar-refractivity contribution >= 4 is 15.9 Å². The van der Waals surface area contributed by atoms with Crippen LogP contribution in [0.4, 0.5) is 0 Å². The second-order valence-electron chi connectivity index (χ2n) is 4.66. The van der Waals surface area contributed by atoms with Crippen molar-refractivity contribution in [3.63, 3.8) is 0 Å². The SMILES string of the molecule is CCn1cc(S(=O)(=O)NC2CCN(C)C2=O)c(C)n1. The smallest absolute Gasteiger partial charge is 0.244 e. The first-order valence-electron chi connectivity index (χ1n) is 6.16. The topological polar surface area (TPSA) is 84.3 Å². The van der Waals surface area contributed by atoms with Crippen molar-refractivity contribution in [1.82, 2.24) is 19.4 Å². The number of hydrogen-bond acceptors (Lipinski definition) is 4. The highest BCUT2D eigenvalue weighted by Crippen LogP contribution is 2.16. The number of likely N-dealkylation sites (tertiary alicyclic amines) is 1. The number of hydrogen-bond donors (Lipinski definition) is 1. The molecule has 0 saturated carbocycles. The zero-order valence-corrected chi connectivity index (χ0v) is 12.1. The van der Waals surface area contributed by atoms with Gasteiger partial charge in [-0.3, -0.25) is 9.48 Å². The molecule has 0 spiro atoms. The van der Waals surface area contributed by atoms with Crippen molar-refractivity contribution in [1.29, 1.82) is 0 Å². The maximum atomic E-state index is 12.3. The Bertz CT molecular complexity index is 593. The number of nitrogens with one attached hydrogen (secondary N) is 1. The standard InChI is InChI=1S/C11H18N4O3S/c1-4-15-7-10(8(2)12-15)19(17,18)13-9-5-6-14(3)11(9)16/h7,9,13H,4-6H2,1-3H3. The minimum absolute atomic E-state index is 0.136. The van der Waals surface area contributed by atoms with Crippen LogP contribution >= 0.6 is 0 Å². The molecule has 19 heavy (non-hydrogen) atoms. The summed E-state index contributed by atoms with van der Waals surface area (Å²) in [7, 11) is -2.04. The molecular weight excluding hydrogens is 268 g/mol. The summed E-state index contributed by atoms with van der Waals surface area (Å²) >= 11 is 0. The van der Waals surface area contributed by atoms with Crippen LogP contribution in [-0.2, 0) is 21.4 Å². The lowest BCUT2D eigenvalue weighted by Gasteiger charge is -2.12. The van der Waals surface area contributed by atoms with Gasteiger partial charge in [-0.15, -0.1) is 0 Å². The average Bonchev–Trinajstić information content (AvgIpc) is 2.87. The Hall–Kier alpha value is -1.41. The average molecular weight is 286 g/mol. The molecule has 1 N–H and O–H groups in total. The molecule has 2 rings (SSSR count). The molecule has 2 heterocycles. The number of sulfonamides is 1. The minimum atomic E-state index is -3.70. The normalized spacial score (nSPS) is 20.3. The fraction of sp³-hybridized carbons (Fsp3) is 0.636. The molecule has 1 aromatic rings. The van der Waals surface area contributed by atoms with Gasteiger partial charge in [0.1, 0.15) is 10.9 Å². The molecule has 1 amide bonds. The van der Waals surface area contributed by atoms with Crippen LogP contribution in [0.1, 0.15) is 19.0 Å². The van der Waals surface area contributed by atoms with Crippen LogP contribution in [0.25, 0.3) is 0 Å². The molecule has 1 fully saturated rings. The first-order chi connectivity index (χ1) is 8.85. The number of aryl methyl sites for hydroxylation is 2. The van der Waals surface area contributed by atoms with Crippen molar-refractivity contribution in [2.75, 3.05) is 13.6 Å². The quantitative estimate of drug-likeness (QED) is 0.825. The van der Waals surface area contributed by atoms with Crippen LogP contribution in [-0.4, -0.2) is 48.6 Å². The number of carbonyl (C=O) groups excluding carboxylic acids is 1. The number of rotatable bonds is 4. The van der Waals surface area contributed by atoms with E-state index >= 15 is 0 Å². The van der Waals surface area contributed by atoms with Crippen LogP contribution in [0.3, 0.4) is 0 Å². The van der Waals surface area contributed by atoms with E-state index in [1.54, 1.807) is 18.7 Å². The number of nitrogens with zero attached hydrogens (tertiary/aromatic N) is 3. The Morgan fingerprint density at radius 3 is 2.68 bits per heavy atom. The molecule has 1 aliphatic rings. The van der Waals surface area contributed by atoms with Gasteiger partial charge in [-0.1, -0.05) is 0 Å². The number of carbonyl (C=O) groups is 1. The molecule has 8 heteroatoms. The molecule has 1 atom stereocenters. The molecule has 1 unspecified atom stereocenters. The largest absolute Gasteiger partial charge is 0.344 e. The highest BCUT2D eigenvalue weighted by atomic mass is 32.2. The summed E-state index contributed by atoms with van der Waals surface area (Å²) in [5, 5.41) is 4.11. The second-order valence-corrected chi connectivity index (χ2v) is 6.34. The van der Waals surface area contributed by atoms with E-state index in [1.807, 2.05) is 6.92 Å². The molecule has 1 aromatic heterocycles. The lowest BCUT2D eigenvalue weighted by atomic mass is 10.3. The summed E-state index contributed by atoms with van der Waals surface area (Å²) in [6.07, 6.45) is 1.98. The van der Waals surface area contributed by atoms with Crippen LogP contribution in [0.5, 0.6) is 0 Å². The van der Waals surface area contributed by atoms with E-state index in [0.29, 0.717) is 25.2 Å². The Labute approximate surface area is 112 Å². The maximum absolute atomic E-state index is 12.3. The summed E-state index contributed by atoms with van der Waals surface area (Å²) in [5.41, 5.74) is 0.438. The van der Waals surface area contributed by atoms with Gasteiger partial charge in [0.25, 0.3) is 0 Å². The summed E-state index contributed by atoms with van der Waals surface area (Å²) in [6, 6.07) is -0.667. The molecule has 1 saturated heterocycles. The molecule has 106 valence electrons. The zero-order chi connectivity index (χ0) is 14.2. The monoisotopic (exact) mass is 286 g/mol. The Morgan fingerprint density at radius 2 is 2.21 bits per heavy atom. The van der Waals surface area contributed by atoms with E-state index in [-0.39, 0.29) is 10.8 Å². The number of aromatic nitrogens is 2. The van der Waals surface area contributed by atoms with Crippen molar-refractivity contribution in [2.45, 2.75) is 37.8 Å². The van der Waals surface area contributed by atoms with E-state index in [0.717, 1.165) is 0 Å². The van der Waals surface area contributed by atoms with Crippen molar-refractivity contribution < 1.29 is 13.2 Å². The van der Waals surface area contributed by atoms with Crippen LogP contribution in [0.15, 0.2) is 11.1 Å². The summed E-state index contributed by atoms with van der Waals surface area (Å²) < 4.78 is 28.5. The van der Waals surface area contributed by atoms with E-state index < -0.39 is 16.1 Å². The van der Waals surface area contributed by atoms with Gasteiger partial charge in [0.2, 0.25) is 15.9 Å². The van der Waals surface area contributed by atoms with Gasteiger partial charge in [-0.2, -0.15) is 9.82 Å². The Morgan fingerprint density at radius 1 is 1.53 bits per heavy atom. The highest BCUT2D eigenvalue weighted by molar-refractivity contribution is 7.89. The molecule has 7 nitrogen and oxygen atoms in total. The molecular formula is C11H18N4O3S. The van der Waals surface area contributed by atoms with E-state index in [2.05, 4.69) is 9.82 Å². The fourth-order valence-electron chi connectivity index (χ4n) is 2.11. The van der Waals surface area contributed by atoms with Crippen LogP contribution in [0, 0.1) is 6.92 Å². The van der Waals surface area contributed by atoms with Gasteiger partial charge >= 0.3 is 0 Å². The van der Waals surface area contributed by atoms with E-state index in [4.69, 9.17) is 0 Å². The zero-order valence-electron chi connectivity index (χ0n) is 11.3. The summed E-state index contributed by atoms with van der Waals surface area (Å²) in [6.45, 7) is 4.69. The fourth-order valence-corrected chi connectivity index (χ4v) is 3.52. The van der Waals surface area contributed by atoms with Gasteiger partial charge in [0.15, 0.2) is 0 Å². The number of likely N-dealkylation sites (N-methyl/N-ethyl adjacent to an activating group) is 1. The Kier molecular flexibility index (Phi) is 3.64. The first-order valence-corrected chi connectivity index (χ1v) is 7.65. The van der Waals surface area contributed by atoms with Gasteiger partial charge in [0.05, 0.1) is 5.69 Å². The lowest BCUT2D eigenvalue weighted by molar-refractivity contribution is -0.127. The molecule has 0 bridgehead atoms. The van der Waals surface area contributed by atoms with Gasteiger partial charge < -0.3 is 4.90 Å². The van der Waals surface area contributed by atoms with E-state index in [1.165, 1.54) is 11.1 Å².